The summed E-state index contributed by atoms with van der Waals surface area (Å²) in [5, 5.41) is 6.34. The number of amides is 2. The van der Waals surface area contributed by atoms with Gasteiger partial charge in [0, 0.05) is 51.3 Å². The summed E-state index contributed by atoms with van der Waals surface area (Å²) in [5.74, 6) is -0.422. The van der Waals surface area contributed by atoms with E-state index in [-0.39, 0.29) is 28.9 Å². The van der Waals surface area contributed by atoms with Crippen molar-refractivity contribution in [1.82, 2.24) is 19.9 Å². The second kappa shape index (κ2) is 23.5. The fourth-order valence-corrected chi connectivity index (χ4v) is 5.92. The van der Waals surface area contributed by atoms with Crippen LogP contribution in [0.15, 0.2) is 102 Å². The van der Waals surface area contributed by atoms with E-state index < -0.39 is 15.9 Å². The number of nitrogens with zero attached hydrogens (tertiary/aromatic N) is 2. The molecule has 10 heteroatoms. The van der Waals surface area contributed by atoms with E-state index in [0.29, 0.717) is 37.7 Å². The molecule has 50 heavy (non-hydrogen) atoms. The maximum absolute atomic E-state index is 12.9. The Balaban J connectivity index is 0.000000459. The molecule has 0 saturated heterocycles. The highest BCUT2D eigenvalue weighted by Gasteiger charge is 2.24. The van der Waals surface area contributed by atoms with E-state index in [0.717, 1.165) is 17.3 Å². The Bertz CT molecular complexity index is 1730. The zero-order chi connectivity index (χ0) is 37.5. The van der Waals surface area contributed by atoms with Gasteiger partial charge in [0.25, 0.3) is 0 Å². The molecule has 0 radical (unpaired) electrons. The number of fused-ring (bicyclic) bond motifs is 1. The topological polar surface area (TPSA) is 126 Å². The molecule has 0 aliphatic rings. The molecule has 0 saturated carbocycles. The normalized spacial score (nSPS) is 11.1. The molecule has 0 bridgehead atoms. The molecule has 4 aromatic rings. The summed E-state index contributed by atoms with van der Waals surface area (Å²) in [6, 6.07) is 30.1. The molecule has 0 unspecified atom stereocenters. The van der Waals surface area contributed by atoms with Gasteiger partial charge in [0.2, 0.25) is 21.8 Å². The second-order valence-corrected chi connectivity index (χ2v) is 13.9. The lowest BCUT2D eigenvalue weighted by atomic mass is 10.1. The minimum absolute atomic E-state index is 0.00533. The van der Waals surface area contributed by atoms with Crippen LogP contribution < -0.4 is 10.6 Å². The van der Waals surface area contributed by atoms with Gasteiger partial charge in [-0.15, -0.1) is 12.8 Å². The first kappa shape index (κ1) is 43.2. The van der Waals surface area contributed by atoms with Crippen molar-refractivity contribution in [1.29, 1.82) is 0 Å². The van der Waals surface area contributed by atoms with Gasteiger partial charge in [0.1, 0.15) is 5.69 Å². The van der Waals surface area contributed by atoms with E-state index in [2.05, 4.69) is 61.4 Å². The maximum atomic E-state index is 12.9. The minimum Gasteiger partial charge on any atom is -0.359 e. The van der Waals surface area contributed by atoms with Crippen LogP contribution in [0, 0.1) is 31.6 Å². The summed E-state index contributed by atoms with van der Waals surface area (Å²) in [4.78, 5) is 38.9. The third-order valence-electron chi connectivity index (χ3n) is 7.34. The average molecular weight is 701 g/mol. The van der Waals surface area contributed by atoms with Crippen LogP contribution >= 0.6 is 0 Å². The van der Waals surface area contributed by atoms with Crippen LogP contribution in [0.25, 0.3) is 10.9 Å². The van der Waals surface area contributed by atoms with E-state index >= 15 is 0 Å². The highest BCUT2D eigenvalue weighted by molar-refractivity contribution is 7.89. The molecule has 0 aliphatic heterocycles. The molecule has 0 spiro atoms. The first-order valence-electron chi connectivity index (χ1n) is 16.6. The van der Waals surface area contributed by atoms with E-state index in [1.165, 1.54) is 23.8 Å². The lowest BCUT2D eigenvalue weighted by Gasteiger charge is -2.23. The molecule has 1 aromatic heterocycles. The van der Waals surface area contributed by atoms with Crippen LogP contribution in [0.1, 0.15) is 63.0 Å². The van der Waals surface area contributed by atoms with Gasteiger partial charge < -0.3 is 10.6 Å². The van der Waals surface area contributed by atoms with Crippen molar-refractivity contribution in [2.75, 3.05) is 26.7 Å². The SMILES string of the molecule is C#C.CC(=O)c1ccc2ccccc2n1.CNC(=O)C[C@H](C)C(=O)NCCCN(CCC(C)C)S(=O)(=O)c1ccccc1.Cc1ccccc1. The number of carbonyl (C=O) groups excluding carboxylic acids is 3. The first-order chi connectivity index (χ1) is 23.8. The number of sulfonamides is 1. The standard InChI is InChI=1S/C20H33N3O4S.C11H9NO.C7H8.C2H2/c1-16(2)11-14-23(28(26,27)18-9-6-5-7-10-18)13-8-12-22-20(25)17(3)15-19(24)21-4;1-8(13)10-7-6-9-4-2-3-5-11(9)12-10;1-7-5-3-2-4-6-7;1-2/h5-7,9-10,16-17H,8,11-15H2,1-4H3,(H,21,24)(H,22,25);2-7H,1H3;2-6H,1H3;1-2H/t17-;;;/m0.../s1. The van der Waals surface area contributed by atoms with Crippen LogP contribution in [0.4, 0.5) is 0 Å². The van der Waals surface area contributed by atoms with Crippen molar-refractivity contribution in [2.24, 2.45) is 11.8 Å². The fourth-order valence-electron chi connectivity index (χ4n) is 4.41. The van der Waals surface area contributed by atoms with Crippen LogP contribution in [-0.4, -0.2) is 62.0 Å². The van der Waals surface area contributed by atoms with Gasteiger partial charge in [-0.1, -0.05) is 99.1 Å². The number of aryl methyl sites for hydroxylation is 1. The Labute approximate surface area is 299 Å². The maximum Gasteiger partial charge on any atom is 0.243 e. The monoisotopic (exact) mass is 700 g/mol. The Morgan fingerprint density at radius 2 is 1.40 bits per heavy atom. The number of nitrogens with one attached hydrogen (secondary N) is 2. The number of aromatic nitrogens is 1. The number of hydrogen-bond donors (Lipinski definition) is 2. The first-order valence-corrected chi connectivity index (χ1v) is 18.0. The molecule has 3 aromatic carbocycles. The van der Waals surface area contributed by atoms with E-state index in [4.69, 9.17) is 0 Å². The number of terminal acetylenes is 1. The molecule has 0 aliphatic carbocycles. The van der Waals surface area contributed by atoms with E-state index in [1.807, 2.05) is 48.5 Å². The lowest BCUT2D eigenvalue weighted by molar-refractivity contribution is -0.129. The molecule has 9 nitrogen and oxygen atoms in total. The molecule has 4 rings (SSSR count). The molecule has 2 amide bonds. The van der Waals surface area contributed by atoms with Crippen molar-refractivity contribution in [3.05, 3.63) is 108 Å². The van der Waals surface area contributed by atoms with Gasteiger partial charge in [0.05, 0.1) is 10.4 Å². The quantitative estimate of drug-likeness (QED) is 0.0911. The van der Waals surface area contributed by atoms with Crippen molar-refractivity contribution in [3.8, 4) is 12.8 Å². The number of ketones is 1. The fraction of sp³-hybridized carbons (Fsp3) is 0.350. The molecule has 1 atom stereocenters. The zero-order valence-corrected chi connectivity index (χ0v) is 31.0. The zero-order valence-electron chi connectivity index (χ0n) is 30.1. The molecular weight excluding hydrogens is 649 g/mol. The number of benzene rings is 3. The summed E-state index contributed by atoms with van der Waals surface area (Å²) in [5.41, 5.74) is 2.72. The summed E-state index contributed by atoms with van der Waals surface area (Å²) >= 11 is 0. The summed E-state index contributed by atoms with van der Waals surface area (Å²) in [6.07, 6.45) is 9.40. The minimum atomic E-state index is -3.57. The molecule has 2 N–H and O–H groups in total. The smallest absolute Gasteiger partial charge is 0.243 e. The largest absolute Gasteiger partial charge is 0.359 e. The Morgan fingerprint density at radius 3 is 1.94 bits per heavy atom. The van der Waals surface area contributed by atoms with E-state index in [1.54, 1.807) is 43.3 Å². The van der Waals surface area contributed by atoms with Crippen molar-refractivity contribution >= 4 is 38.5 Å². The number of hydrogen-bond acceptors (Lipinski definition) is 6. The number of para-hydroxylation sites is 1. The Morgan fingerprint density at radius 1 is 0.820 bits per heavy atom. The van der Waals surface area contributed by atoms with Gasteiger partial charge in [-0.3, -0.25) is 14.4 Å². The molecular formula is C40H52N4O5S. The second-order valence-electron chi connectivity index (χ2n) is 11.9. The Kier molecular flexibility index (Phi) is 20.3. The molecule has 1 heterocycles. The van der Waals surface area contributed by atoms with Gasteiger partial charge in [-0.05, 0) is 49.9 Å². The van der Waals surface area contributed by atoms with E-state index in [9.17, 15) is 22.8 Å². The van der Waals surface area contributed by atoms with Crippen LogP contribution in [0.2, 0.25) is 0 Å². The average Bonchev–Trinajstić information content (AvgIpc) is 3.12. The van der Waals surface area contributed by atoms with Gasteiger partial charge >= 0.3 is 0 Å². The molecule has 268 valence electrons. The van der Waals surface area contributed by atoms with Crippen molar-refractivity contribution in [3.63, 3.8) is 0 Å². The summed E-state index contributed by atoms with van der Waals surface area (Å²) < 4.78 is 27.3. The summed E-state index contributed by atoms with van der Waals surface area (Å²) in [6.45, 7) is 10.5. The summed E-state index contributed by atoms with van der Waals surface area (Å²) in [7, 11) is -2.03. The van der Waals surface area contributed by atoms with Gasteiger partial charge in [0.15, 0.2) is 5.78 Å². The Hall–Kier alpha value is -4.85. The van der Waals surface area contributed by atoms with Crippen molar-refractivity contribution < 1.29 is 22.8 Å². The third kappa shape index (κ3) is 16.0. The van der Waals surface area contributed by atoms with Crippen LogP contribution in [-0.2, 0) is 19.6 Å². The van der Waals surface area contributed by atoms with Crippen LogP contribution in [0.3, 0.4) is 0 Å². The highest BCUT2D eigenvalue weighted by atomic mass is 32.2. The van der Waals surface area contributed by atoms with Crippen molar-refractivity contribution in [2.45, 2.75) is 58.8 Å². The third-order valence-corrected chi connectivity index (χ3v) is 9.25. The lowest BCUT2D eigenvalue weighted by Crippen LogP contribution is -2.37. The van der Waals surface area contributed by atoms with Gasteiger partial charge in [-0.25, -0.2) is 13.4 Å². The number of carbonyl (C=O) groups is 3. The van der Waals surface area contributed by atoms with Crippen LogP contribution in [0.5, 0.6) is 0 Å². The number of rotatable bonds is 13. The predicted octanol–water partition coefficient (Wildman–Crippen LogP) is 6.68. The highest BCUT2D eigenvalue weighted by Crippen LogP contribution is 2.17. The van der Waals surface area contributed by atoms with Gasteiger partial charge in [-0.2, -0.15) is 4.31 Å². The molecule has 0 fully saturated rings. The number of pyridine rings is 1. The number of Topliss-reactive ketones (excluding diaryl/α,β-unsaturated/α-hetero) is 1. The predicted molar refractivity (Wildman–Crippen MR) is 203 cm³/mol.